The zero-order chi connectivity index (χ0) is 13.8. The maximum Gasteiger partial charge on any atom is -0.0146 e. The van der Waals surface area contributed by atoms with Gasteiger partial charge in [-0.05, 0) is 64.2 Å². The Morgan fingerprint density at radius 3 is 2.75 bits per heavy atom. The summed E-state index contributed by atoms with van der Waals surface area (Å²) in [6.07, 6.45) is 6.48. The van der Waals surface area contributed by atoms with Crippen LogP contribution in [0.3, 0.4) is 0 Å². The van der Waals surface area contributed by atoms with Gasteiger partial charge in [-0.3, -0.25) is 0 Å². The summed E-state index contributed by atoms with van der Waals surface area (Å²) in [5, 5.41) is 5.37. The Morgan fingerprint density at radius 1 is 0.900 bits per heavy atom. The Kier molecular flexibility index (Phi) is 4.01. The molecule has 1 radical (unpaired) electrons. The number of hydrogen-bond donors (Lipinski definition) is 0. The first-order chi connectivity index (χ1) is 9.88. The Balaban J connectivity index is 1.97. The van der Waals surface area contributed by atoms with Gasteiger partial charge in [-0.25, -0.2) is 0 Å². The summed E-state index contributed by atoms with van der Waals surface area (Å²) >= 11 is 0. The minimum Gasteiger partial charge on any atom is -0.0654 e. The van der Waals surface area contributed by atoms with E-state index in [9.17, 15) is 0 Å². The topological polar surface area (TPSA) is 0 Å². The predicted molar refractivity (Wildman–Crippen MR) is 88.1 cm³/mol. The molecule has 0 N–H and O–H groups in total. The van der Waals surface area contributed by atoms with Gasteiger partial charge in [0.2, 0.25) is 0 Å². The molecule has 3 aromatic carbocycles. The lowest BCUT2D eigenvalue weighted by atomic mass is 9.96. The van der Waals surface area contributed by atoms with Crippen LogP contribution in [0.15, 0.2) is 48.5 Å². The summed E-state index contributed by atoms with van der Waals surface area (Å²) in [6, 6.07) is 20.7. The van der Waals surface area contributed by atoms with Crippen LogP contribution in [0, 0.1) is 6.07 Å². The number of unbranched alkanes of at least 4 members (excludes halogenated alkanes) is 3. The van der Waals surface area contributed by atoms with E-state index in [0.29, 0.717) is 0 Å². The van der Waals surface area contributed by atoms with Crippen molar-refractivity contribution in [1.82, 2.24) is 0 Å². The van der Waals surface area contributed by atoms with Gasteiger partial charge in [0.1, 0.15) is 0 Å². The highest BCUT2D eigenvalue weighted by atomic mass is 14.1. The van der Waals surface area contributed by atoms with Crippen LogP contribution in [0.4, 0.5) is 0 Å². The molecule has 0 nitrogen and oxygen atoms in total. The predicted octanol–water partition coefficient (Wildman–Crippen LogP) is 5.92. The number of fused-ring (bicyclic) bond motifs is 2. The molecule has 0 saturated carbocycles. The molecule has 0 spiro atoms. The van der Waals surface area contributed by atoms with Gasteiger partial charge >= 0.3 is 0 Å². The van der Waals surface area contributed by atoms with E-state index in [-0.39, 0.29) is 0 Å². The van der Waals surface area contributed by atoms with Crippen LogP contribution in [0.5, 0.6) is 0 Å². The molecule has 0 aliphatic heterocycles. The van der Waals surface area contributed by atoms with E-state index < -0.39 is 0 Å². The molecule has 0 aromatic heterocycles. The van der Waals surface area contributed by atoms with Crippen molar-refractivity contribution < 1.29 is 0 Å². The molecule has 0 amide bonds. The molecule has 0 aliphatic carbocycles. The Hall–Kier alpha value is -1.82. The molecule has 3 aromatic rings. The molecule has 0 unspecified atom stereocenters. The summed E-state index contributed by atoms with van der Waals surface area (Å²) in [5.74, 6) is 0. The van der Waals surface area contributed by atoms with Crippen LogP contribution in [-0.4, -0.2) is 0 Å². The number of aryl methyl sites for hydroxylation is 1. The third kappa shape index (κ3) is 2.70. The van der Waals surface area contributed by atoms with Crippen LogP contribution in [-0.2, 0) is 6.42 Å². The van der Waals surface area contributed by atoms with Crippen molar-refractivity contribution in [2.75, 3.05) is 0 Å². The molecule has 101 valence electrons. The fourth-order valence-electron chi connectivity index (χ4n) is 2.93. The summed E-state index contributed by atoms with van der Waals surface area (Å²) in [6.45, 7) is 2.26. The average Bonchev–Trinajstić information content (AvgIpc) is 2.50. The highest BCUT2D eigenvalue weighted by molar-refractivity contribution is 5.99. The van der Waals surface area contributed by atoms with Crippen LogP contribution in [0.25, 0.3) is 21.5 Å². The van der Waals surface area contributed by atoms with Crippen molar-refractivity contribution >= 4 is 21.5 Å². The van der Waals surface area contributed by atoms with Crippen molar-refractivity contribution in [1.29, 1.82) is 0 Å². The SMILES string of the molecule is CCCCCCc1cccc2cc3cc[c]cc3cc12. The first-order valence-corrected chi connectivity index (χ1v) is 7.70. The molecule has 0 bridgehead atoms. The molecular weight excluding hydrogens is 240 g/mol. The van der Waals surface area contributed by atoms with Gasteiger partial charge in [-0.2, -0.15) is 0 Å². The lowest BCUT2D eigenvalue weighted by Crippen LogP contribution is -1.88. The Labute approximate surface area is 121 Å². The first kappa shape index (κ1) is 13.2. The first-order valence-electron chi connectivity index (χ1n) is 7.70. The van der Waals surface area contributed by atoms with E-state index in [1.807, 2.05) is 6.07 Å². The third-order valence-electron chi connectivity index (χ3n) is 4.07. The highest BCUT2D eigenvalue weighted by Crippen LogP contribution is 2.26. The van der Waals surface area contributed by atoms with E-state index in [1.54, 1.807) is 0 Å². The van der Waals surface area contributed by atoms with Gasteiger partial charge in [0.15, 0.2) is 0 Å². The molecule has 20 heavy (non-hydrogen) atoms. The fourth-order valence-corrected chi connectivity index (χ4v) is 2.93. The van der Waals surface area contributed by atoms with Crippen LogP contribution in [0.1, 0.15) is 38.2 Å². The molecule has 3 rings (SSSR count). The number of hydrogen-bond acceptors (Lipinski definition) is 0. The fraction of sp³-hybridized carbons (Fsp3) is 0.300. The molecule has 0 aliphatic rings. The highest BCUT2D eigenvalue weighted by Gasteiger charge is 2.03. The Bertz CT molecular complexity index is 709. The van der Waals surface area contributed by atoms with E-state index >= 15 is 0 Å². The molecule has 0 fully saturated rings. The van der Waals surface area contributed by atoms with Crippen LogP contribution < -0.4 is 0 Å². The molecule has 0 atom stereocenters. The van der Waals surface area contributed by atoms with Gasteiger partial charge in [-0.15, -0.1) is 0 Å². The quantitative estimate of drug-likeness (QED) is 0.395. The minimum absolute atomic E-state index is 1.19. The molecule has 0 heterocycles. The zero-order valence-corrected chi connectivity index (χ0v) is 12.2. The van der Waals surface area contributed by atoms with Gasteiger partial charge in [0.05, 0.1) is 0 Å². The maximum absolute atomic E-state index is 3.18. The lowest BCUT2D eigenvalue weighted by Gasteiger charge is -2.08. The normalized spacial score (nSPS) is 11.2. The van der Waals surface area contributed by atoms with E-state index in [2.05, 4.69) is 55.5 Å². The summed E-state index contributed by atoms with van der Waals surface area (Å²) in [7, 11) is 0. The summed E-state index contributed by atoms with van der Waals surface area (Å²) < 4.78 is 0. The molecule has 0 heteroatoms. The third-order valence-corrected chi connectivity index (χ3v) is 4.07. The zero-order valence-electron chi connectivity index (χ0n) is 12.2. The smallest absolute Gasteiger partial charge is 0.0146 e. The van der Waals surface area contributed by atoms with Crippen molar-refractivity contribution in [2.45, 2.75) is 39.0 Å². The lowest BCUT2D eigenvalue weighted by molar-refractivity contribution is 0.668. The van der Waals surface area contributed by atoms with E-state index in [0.717, 1.165) is 0 Å². The van der Waals surface area contributed by atoms with Gasteiger partial charge < -0.3 is 0 Å². The summed E-state index contributed by atoms with van der Waals surface area (Å²) in [4.78, 5) is 0. The van der Waals surface area contributed by atoms with Gasteiger partial charge in [0, 0.05) is 0 Å². The van der Waals surface area contributed by atoms with E-state index in [4.69, 9.17) is 0 Å². The summed E-state index contributed by atoms with van der Waals surface area (Å²) in [5.41, 5.74) is 1.49. The molecular formula is C20H21. The van der Waals surface area contributed by atoms with Gasteiger partial charge in [-0.1, -0.05) is 56.5 Å². The average molecular weight is 261 g/mol. The standard InChI is InChI=1S/C20H21/c1-2-3-4-5-9-16-12-8-13-19-14-17-10-6-7-11-18(17)15-20(16)19/h6,8,10-15H,2-5,9H2,1H3. The van der Waals surface area contributed by atoms with Crippen molar-refractivity contribution in [2.24, 2.45) is 0 Å². The van der Waals surface area contributed by atoms with Crippen molar-refractivity contribution in [3.63, 3.8) is 0 Å². The monoisotopic (exact) mass is 261 g/mol. The second-order valence-corrected chi connectivity index (χ2v) is 5.57. The van der Waals surface area contributed by atoms with Gasteiger partial charge in [0.25, 0.3) is 0 Å². The second kappa shape index (κ2) is 6.09. The van der Waals surface area contributed by atoms with Crippen molar-refractivity contribution in [3.05, 3.63) is 60.2 Å². The number of rotatable bonds is 5. The largest absolute Gasteiger partial charge is 0.0654 e. The van der Waals surface area contributed by atoms with Crippen molar-refractivity contribution in [3.8, 4) is 0 Å². The Morgan fingerprint density at radius 2 is 1.85 bits per heavy atom. The number of benzene rings is 3. The molecule has 0 saturated heterocycles. The van der Waals surface area contributed by atoms with Crippen LogP contribution in [0.2, 0.25) is 0 Å². The minimum atomic E-state index is 1.19. The second-order valence-electron chi connectivity index (χ2n) is 5.57. The van der Waals surface area contributed by atoms with Crippen LogP contribution >= 0.6 is 0 Å². The maximum atomic E-state index is 3.18. The van der Waals surface area contributed by atoms with E-state index in [1.165, 1.54) is 59.2 Å².